The molecule has 0 aliphatic carbocycles. The number of nitrogens with one attached hydrogen (secondary N) is 2. The van der Waals surface area contributed by atoms with E-state index >= 15 is 0 Å². The summed E-state index contributed by atoms with van der Waals surface area (Å²) < 4.78 is 12.9. The fraction of sp³-hybridized carbons (Fsp3) is 0.471. The normalized spacial score (nSPS) is 14.6. The van der Waals surface area contributed by atoms with E-state index in [0.29, 0.717) is 0 Å². The van der Waals surface area contributed by atoms with Crippen molar-refractivity contribution in [2.45, 2.75) is 39.8 Å². The summed E-state index contributed by atoms with van der Waals surface area (Å²) in [7, 11) is 0. The summed E-state index contributed by atoms with van der Waals surface area (Å²) in [5.74, 6) is -3.39. The number of rotatable bonds is 7. The van der Waals surface area contributed by atoms with Crippen LogP contribution in [0.5, 0.6) is 0 Å². The highest BCUT2D eigenvalue weighted by Crippen LogP contribution is 2.09. The third-order valence-electron chi connectivity index (χ3n) is 3.85. The van der Waals surface area contributed by atoms with E-state index in [2.05, 4.69) is 10.6 Å². The predicted molar refractivity (Wildman–Crippen MR) is 86.9 cm³/mol. The molecule has 132 valence electrons. The van der Waals surface area contributed by atoms with Crippen molar-refractivity contribution in [2.24, 2.45) is 11.8 Å². The first-order valence-electron chi connectivity index (χ1n) is 7.73. The average Bonchev–Trinajstić information content (AvgIpc) is 2.51. The number of carboxylic acids is 1. The Kier molecular flexibility index (Phi) is 6.88. The van der Waals surface area contributed by atoms with E-state index in [9.17, 15) is 18.8 Å². The number of hydrogen-bond acceptors (Lipinski definition) is 3. The summed E-state index contributed by atoms with van der Waals surface area (Å²) in [4.78, 5) is 35.5. The highest BCUT2D eigenvalue weighted by atomic mass is 19.1. The maximum atomic E-state index is 12.9. The summed E-state index contributed by atoms with van der Waals surface area (Å²) in [6.07, 6.45) is 0. The van der Waals surface area contributed by atoms with E-state index in [0.717, 1.165) is 12.1 Å². The van der Waals surface area contributed by atoms with E-state index in [4.69, 9.17) is 5.11 Å². The molecule has 0 fully saturated rings. The van der Waals surface area contributed by atoms with Crippen LogP contribution in [-0.4, -0.2) is 35.0 Å². The van der Waals surface area contributed by atoms with Crippen LogP contribution in [0.3, 0.4) is 0 Å². The van der Waals surface area contributed by atoms with Crippen LogP contribution in [-0.2, 0) is 9.59 Å². The molecule has 0 saturated heterocycles. The minimum Gasteiger partial charge on any atom is -0.481 e. The highest BCUT2D eigenvalue weighted by Gasteiger charge is 2.28. The van der Waals surface area contributed by atoms with Crippen molar-refractivity contribution >= 4 is 17.8 Å². The van der Waals surface area contributed by atoms with Gasteiger partial charge in [-0.15, -0.1) is 0 Å². The summed E-state index contributed by atoms with van der Waals surface area (Å²) in [6, 6.07) is 3.57. The number of benzene rings is 1. The Morgan fingerprint density at radius 2 is 1.54 bits per heavy atom. The number of carbonyl (C=O) groups is 3. The molecule has 6 nitrogen and oxygen atoms in total. The standard InChI is InChI=1S/C17H23FN2O4/c1-9(2)14(16(22)19-11(4)10(3)17(23)24)20-15(21)12-5-7-13(18)8-6-12/h5-11,14H,1-4H3,(H,19,22)(H,20,21)(H,23,24). The zero-order valence-electron chi connectivity index (χ0n) is 14.2. The molecule has 0 bridgehead atoms. The van der Waals surface area contributed by atoms with Crippen LogP contribution in [0, 0.1) is 17.7 Å². The van der Waals surface area contributed by atoms with Gasteiger partial charge in [-0.3, -0.25) is 14.4 Å². The zero-order valence-corrected chi connectivity index (χ0v) is 14.2. The Hall–Kier alpha value is -2.44. The Bertz CT molecular complexity index is 601. The molecule has 0 heterocycles. The quantitative estimate of drug-likeness (QED) is 0.706. The minimum atomic E-state index is -1.01. The third-order valence-corrected chi connectivity index (χ3v) is 3.85. The maximum absolute atomic E-state index is 12.9. The lowest BCUT2D eigenvalue weighted by atomic mass is 10.00. The van der Waals surface area contributed by atoms with Gasteiger partial charge < -0.3 is 15.7 Å². The summed E-state index contributed by atoms with van der Waals surface area (Å²) in [5, 5.41) is 14.2. The molecule has 0 saturated carbocycles. The molecule has 3 N–H and O–H groups in total. The van der Waals surface area contributed by atoms with Gasteiger partial charge in [-0.25, -0.2) is 4.39 Å². The number of hydrogen-bond donors (Lipinski definition) is 3. The Labute approximate surface area is 140 Å². The summed E-state index contributed by atoms with van der Waals surface area (Å²) >= 11 is 0. The maximum Gasteiger partial charge on any atom is 0.308 e. The van der Waals surface area contributed by atoms with Gasteiger partial charge in [0, 0.05) is 11.6 Å². The molecule has 7 heteroatoms. The summed E-state index contributed by atoms with van der Waals surface area (Å²) in [5.41, 5.74) is 0.238. The fourth-order valence-corrected chi connectivity index (χ4v) is 2.01. The molecule has 0 aliphatic rings. The molecule has 3 unspecified atom stereocenters. The second-order valence-electron chi connectivity index (χ2n) is 6.13. The first-order valence-corrected chi connectivity index (χ1v) is 7.73. The van der Waals surface area contributed by atoms with Crippen molar-refractivity contribution in [1.82, 2.24) is 10.6 Å². The molecule has 1 rings (SSSR count). The molecule has 0 spiro atoms. The lowest BCUT2D eigenvalue weighted by Gasteiger charge is -2.25. The van der Waals surface area contributed by atoms with Crippen molar-refractivity contribution < 1.29 is 23.9 Å². The van der Waals surface area contributed by atoms with E-state index in [1.54, 1.807) is 20.8 Å². The molecular formula is C17H23FN2O4. The van der Waals surface area contributed by atoms with Crippen LogP contribution in [0.2, 0.25) is 0 Å². The molecule has 2 amide bonds. The third kappa shape index (κ3) is 5.33. The second kappa shape index (κ2) is 8.42. The van der Waals surface area contributed by atoms with Gasteiger partial charge in [0.25, 0.3) is 5.91 Å². The first kappa shape index (κ1) is 19.6. The van der Waals surface area contributed by atoms with Gasteiger partial charge in [0.15, 0.2) is 0 Å². The average molecular weight is 338 g/mol. The highest BCUT2D eigenvalue weighted by molar-refractivity contribution is 5.97. The summed E-state index contributed by atoms with van der Waals surface area (Å²) in [6.45, 7) is 6.62. The molecule has 0 aromatic heterocycles. The predicted octanol–water partition coefficient (Wildman–Crippen LogP) is 1.81. The minimum absolute atomic E-state index is 0.207. The Balaban J connectivity index is 2.79. The number of aliphatic carboxylic acids is 1. The molecule has 3 atom stereocenters. The van der Waals surface area contributed by atoms with Gasteiger partial charge in [0.05, 0.1) is 5.92 Å². The number of amides is 2. The molecular weight excluding hydrogens is 315 g/mol. The second-order valence-corrected chi connectivity index (χ2v) is 6.13. The number of carbonyl (C=O) groups excluding carboxylic acids is 2. The van der Waals surface area contributed by atoms with Gasteiger partial charge in [-0.1, -0.05) is 13.8 Å². The van der Waals surface area contributed by atoms with Crippen LogP contribution >= 0.6 is 0 Å². The van der Waals surface area contributed by atoms with Gasteiger partial charge in [0.1, 0.15) is 11.9 Å². The van der Waals surface area contributed by atoms with Crippen molar-refractivity contribution in [3.8, 4) is 0 Å². The molecule has 1 aromatic rings. The van der Waals surface area contributed by atoms with E-state index in [1.807, 2.05) is 0 Å². The van der Waals surface area contributed by atoms with Crippen LogP contribution in [0.15, 0.2) is 24.3 Å². The molecule has 1 aromatic carbocycles. The smallest absolute Gasteiger partial charge is 0.308 e. The Morgan fingerprint density at radius 3 is 2.00 bits per heavy atom. The van der Waals surface area contributed by atoms with Gasteiger partial charge in [-0.2, -0.15) is 0 Å². The lowest BCUT2D eigenvalue weighted by molar-refractivity contribution is -0.142. The molecule has 24 heavy (non-hydrogen) atoms. The SMILES string of the molecule is CC(C)C(NC(=O)c1ccc(F)cc1)C(=O)NC(C)C(C)C(=O)O. The topological polar surface area (TPSA) is 95.5 Å². The monoisotopic (exact) mass is 338 g/mol. The van der Waals surface area contributed by atoms with Crippen molar-refractivity contribution in [3.63, 3.8) is 0 Å². The van der Waals surface area contributed by atoms with Gasteiger partial charge in [-0.05, 0) is 44.0 Å². The molecule has 0 radical (unpaired) electrons. The number of carboxylic acid groups (broad SMARTS) is 1. The van der Waals surface area contributed by atoms with Crippen LogP contribution in [0.1, 0.15) is 38.1 Å². The lowest BCUT2D eigenvalue weighted by Crippen LogP contribution is -2.53. The van der Waals surface area contributed by atoms with E-state index < -0.39 is 41.6 Å². The largest absolute Gasteiger partial charge is 0.481 e. The number of halogens is 1. The fourth-order valence-electron chi connectivity index (χ4n) is 2.01. The van der Waals surface area contributed by atoms with Crippen molar-refractivity contribution in [3.05, 3.63) is 35.6 Å². The van der Waals surface area contributed by atoms with Crippen molar-refractivity contribution in [1.29, 1.82) is 0 Å². The van der Waals surface area contributed by atoms with Gasteiger partial charge >= 0.3 is 5.97 Å². The first-order chi connectivity index (χ1) is 11.1. The van der Waals surface area contributed by atoms with Crippen LogP contribution in [0.4, 0.5) is 4.39 Å². The van der Waals surface area contributed by atoms with E-state index in [1.165, 1.54) is 19.1 Å². The molecule has 0 aliphatic heterocycles. The Morgan fingerprint density at radius 1 is 1.00 bits per heavy atom. The van der Waals surface area contributed by atoms with Crippen LogP contribution < -0.4 is 10.6 Å². The van der Waals surface area contributed by atoms with Crippen molar-refractivity contribution in [2.75, 3.05) is 0 Å². The zero-order chi connectivity index (χ0) is 18.4. The van der Waals surface area contributed by atoms with Gasteiger partial charge in [0.2, 0.25) is 5.91 Å². The van der Waals surface area contributed by atoms with Crippen LogP contribution in [0.25, 0.3) is 0 Å². The van der Waals surface area contributed by atoms with E-state index in [-0.39, 0.29) is 11.5 Å².